The lowest BCUT2D eigenvalue weighted by molar-refractivity contribution is 0.0630. The first kappa shape index (κ1) is 11.4. The summed E-state index contributed by atoms with van der Waals surface area (Å²) < 4.78 is 0. The van der Waals surface area contributed by atoms with E-state index in [1.54, 1.807) is 0 Å². The molecule has 2 fully saturated rings. The number of rotatable bonds is 3. The molecule has 15 heavy (non-hydrogen) atoms. The zero-order valence-corrected chi connectivity index (χ0v) is 9.70. The third-order valence-electron chi connectivity index (χ3n) is 3.66. The smallest absolute Gasteiger partial charge is 0.0667 e. The van der Waals surface area contributed by atoms with Crippen molar-refractivity contribution in [2.24, 2.45) is 0 Å². The van der Waals surface area contributed by atoms with E-state index in [4.69, 9.17) is 0 Å². The molecule has 0 bridgehead atoms. The van der Waals surface area contributed by atoms with Crippen molar-refractivity contribution >= 4 is 0 Å². The van der Waals surface area contributed by atoms with Crippen LogP contribution in [0, 0.1) is 0 Å². The highest BCUT2D eigenvalue weighted by molar-refractivity contribution is 4.73. The van der Waals surface area contributed by atoms with Gasteiger partial charge < -0.3 is 10.0 Å². The van der Waals surface area contributed by atoms with Crippen molar-refractivity contribution < 1.29 is 5.11 Å². The molecular weight excluding hydrogens is 188 g/mol. The predicted molar refractivity (Wildman–Crippen MR) is 62.0 cm³/mol. The molecule has 2 heterocycles. The molecule has 0 unspecified atom stereocenters. The van der Waals surface area contributed by atoms with Gasteiger partial charge in [-0.1, -0.05) is 6.42 Å². The molecule has 0 spiro atoms. The molecule has 0 aromatic carbocycles. The molecular formula is C12H24N2O. The van der Waals surface area contributed by atoms with E-state index in [0.717, 1.165) is 19.5 Å². The Hall–Kier alpha value is -0.120. The van der Waals surface area contributed by atoms with E-state index in [1.165, 1.54) is 51.9 Å². The number of piperidine rings is 2. The molecule has 3 heteroatoms. The summed E-state index contributed by atoms with van der Waals surface area (Å²) in [6.07, 6.45) is 6.27. The third-order valence-corrected chi connectivity index (χ3v) is 3.66. The number of aliphatic hydroxyl groups excluding tert-OH is 1. The van der Waals surface area contributed by atoms with Gasteiger partial charge in [0, 0.05) is 19.6 Å². The molecule has 1 N–H and O–H groups in total. The van der Waals surface area contributed by atoms with Crippen molar-refractivity contribution in [2.45, 2.75) is 38.2 Å². The van der Waals surface area contributed by atoms with Gasteiger partial charge in [-0.2, -0.15) is 0 Å². The average molecular weight is 212 g/mol. The molecule has 2 rings (SSSR count). The first-order valence-corrected chi connectivity index (χ1v) is 6.47. The highest BCUT2D eigenvalue weighted by Gasteiger charge is 2.18. The summed E-state index contributed by atoms with van der Waals surface area (Å²) in [5, 5.41) is 9.56. The topological polar surface area (TPSA) is 26.7 Å². The van der Waals surface area contributed by atoms with Gasteiger partial charge >= 0.3 is 0 Å². The molecule has 3 nitrogen and oxygen atoms in total. The van der Waals surface area contributed by atoms with E-state index < -0.39 is 0 Å². The SMILES string of the molecule is O[C@@H]1CCCN(CCN2CCCCC2)C1. The summed E-state index contributed by atoms with van der Waals surface area (Å²) in [6.45, 7) is 7.01. The number of hydrogen-bond donors (Lipinski definition) is 1. The maximum atomic E-state index is 9.56. The minimum atomic E-state index is -0.0693. The van der Waals surface area contributed by atoms with Crippen LogP contribution in [0.2, 0.25) is 0 Å². The monoisotopic (exact) mass is 212 g/mol. The number of aliphatic hydroxyl groups is 1. The average Bonchev–Trinajstić information content (AvgIpc) is 2.28. The molecule has 0 aromatic rings. The Morgan fingerprint density at radius 2 is 1.53 bits per heavy atom. The lowest BCUT2D eigenvalue weighted by atomic mass is 10.1. The van der Waals surface area contributed by atoms with E-state index in [9.17, 15) is 5.11 Å². The van der Waals surface area contributed by atoms with Crippen molar-refractivity contribution in [2.75, 3.05) is 39.3 Å². The van der Waals surface area contributed by atoms with E-state index in [-0.39, 0.29) is 6.10 Å². The molecule has 2 aliphatic rings. The Bertz CT molecular complexity index is 180. The van der Waals surface area contributed by atoms with Crippen molar-refractivity contribution in [3.63, 3.8) is 0 Å². The largest absolute Gasteiger partial charge is 0.392 e. The molecule has 0 amide bonds. The fraction of sp³-hybridized carbons (Fsp3) is 1.00. The van der Waals surface area contributed by atoms with Crippen molar-refractivity contribution in [3.05, 3.63) is 0 Å². The maximum Gasteiger partial charge on any atom is 0.0667 e. The summed E-state index contributed by atoms with van der Waals surface area (Å²) in [6, 6.07) is 0. The Morgan fingerprint density at radius 1 is 0.867 bits per heavy atom. The van der Waals surface area contributed by atoms with Crippen molar-refractivity contribution in [1.82, 2.24) is 9.80 Å². The summed E-state index contributed by atoms with van der Waals surface area (Å²) in [5.74, 6) is 0. The van der Waals surface area contributed by atoms with Crippen LogP contribution < -0.4 is 0 Å². The van der Waals surface area contributed by atoms with Gasteiger partial charge in [-0.15, -0.1) is 0 Å². The van der Waals surface area contributed by atoms with E-state index in [1.807, 2.05) is 0 Å². The third kappa shape index (κ3) is 3.74. The van der Waals surface area contributed by atoms with Crippen LogP contribution in [-0.4, -0.2) is 60.3 Å². The fourth-order valence-corrected chi connectivity index (χ4v) is 2.70. The van der Waals surface area contributed by atoms with Gasteiger partial charge in [-0.3, -0.25) is 4.90 Å². The number of hydrogen-bond acceptors (Lipinski definition) is 3. The van der Waals surface area contributed by atoms with Crippen molar-refractivity contribution in [3.8, 4) is 0 Å². The van der Waals surface area contributed by atoms with E-state index >= 15 is 0 Å². The van der Waals surface area contributed by atoms with Crippen molar-refractivity contribution in [1.29, 1.82) is 0 Å². The van der Waals surface area contributed by atoms with Crippen LogP contribution >= 0.6 is 0 Å². The lowest BCUT2D eigenvalue weighted by Crippen LogP contribution is -2.43. The lowest BCUT2D eigenvalue weighted by Gasteiger charge is -2.33. The molecule has 2 saturated heterocycles. The summed E-state index contributed by atoms with van der Waals surface area (Å²) in [4.78, 5) is 4.99. The Balaban J connectivity index is 1.63. The second kappa shape index (κ2) is 5.83. The highest BCUT2D eigenvalue weighted by atomic mass is 16.3. The second-order valence-corrected chi connectivity index (χ2v) is 5.00. The summed E-state index contributed by atoms with van der Waals surface area (Å²) >= 11 is 0. The normalized spacial score (nSPS) is 30.6. The Labute approximate surface area is 93.1 Å². The standard InChI is InChI=1S/C12H24N2O/c15-12-5-4-8-14(11-12)10-9-13-6-2-1-3-7-13/h12,15H,1-11H2/t12-/m1/s1. The number of nitrogens with zero attached hydrogens (tertiary/aromatic N) is 2. The molecule has 0 saturated carbocycles. The first-order chi connectivity index (χ1) is 7.34. The van der Waals surface area contributed by atoms with Crippen LogP contribution in [-0.2, 0) is 0 Å². The zero-order chi connectivity index (χ0) is 10.5. The van der Waals surface area contributed by atoms with E-state index in [2.05, 4.69) is 9.80 Å². The molecule has 0 aliphatic carbocycles. The molecule has 2 aliphatic heterocycles. The van der Waals surface area contributed by atoms with Crippen LogP contribution in [0.4, 0.5) is 0 Å². The predicted octanol–water partition coefficient (Wildman–Crippen LogP) is 0.929. The molecule has 1 atom stereocenters. The van der Waals surface area contributed by atoms with Gasteiger partial charge in [0.1, 0.15) is 0 Å². The minimum absolute atomic E-state index is 0.0693. The Morgan fingerprint density at radius 3 is 2.27 bits per heavy atom. The van der Waals surface area contributed by atoms with Gasteiger partial charge in [0.2, 0.25) is 0 Å². The second-order valence-electron chi connectivity index (χ2n) is 5.00. The summed E-state index contributed by atoms with van der Waals surface area (Å²) in [7, 11) is 0. The number of β-amino-alcohol motifs (C(OH)–C–C–N with tert-alkyl or cyclic N) is 1. The van der Waals surface area contributed by atoms with Crippen LogP contribution in [0.1, 0.15) is 32.1 Å². The van der Waals surface area contributed by atoms with Gasteiger partial charge in [0.15, 0.2) is 0 Å². The zero-order valence-electron chi connectivity index (χ0n) is 9.70. The molecule has 0 radical (unpaired) electrons. The van der Waals surface area contributed by atoms with Gasteiger partial charge in [-0.05, 0) is 45.3 Å². The van der Waals surface area contributed by atoms with Crippen LogP contribution in [0.3, 0.4) is 0 Å². The number of likely N-dealkylation sites (tertiary alicyclic amines) is 2. The fourth-order valence-electron chi connectivity index (χ4n) is 2.70. The minimum Gasteiger partial charge on any atom is -0.392 e. The van der Waals surface area contributed by atoms with Crippen LogP contribution in [0.15, 0.2) is 0 Å². The van der Waals surface area contributed by atoms with Gasteiger partial charge in [0.05, 0.1) is 6.10 Å². The Kier molecular flexibility index (Phi) is 4.42. The summed E-state index contributed by atoms with van der Waals surface area (Å²) in [5.41, 5.74) is 0. The van der Waals surface area contributed by atoms with Crippen LogP contribution in [0.5, 0.6) is 0 Å². The first-order valence-electron chi connectivity index (χ1n) is 6.47. The van der Waals surface area contributed by atoms with E-state index in [0.29, 0.717) is 0 Å². The molecule has 0 aromatic heterocycles. The van der Waals surface area contributed by atoms with Gasteiger partial charge in [-0.25, -0.2) is 0 Å². The van der Waals surface area contributed by atoms with Crippen LogP contribution in [0.25, 0.3) is 0 Å². The maximum absolute atomic E-state index is 9.56. The quantitative estimate of drug-likeness (QED) is 0.754. The molecule has 88 valence electrons. The van der Waals surface area contributed by atoms with Gasteiger partial charge in [0.25, 0.3) is 0 Å². The highest BCUT2D eigenvalue weighted by Crippen LogP contribution is 2.11.